The van der Waals surface area contributed by atoms with Crippen LogP contribution in [0.25, 0.3) is 22.0 Å². The van der Waals surface area contributed by atoms with Gasteiger partial charge >= 0.3 is 0 Å². The second kappa shape index (κ2) is 4.34. The van der Waals surface area contributed by atoms with Gasteiger partial charge in [0.2, 0.25) is 6.79 Å². The molecule has 0 bridgehead atoms. The number of benzene rings is 2. The Morgan fingerprint density at radius 3 is 2.71 bits per heavy atom. The molecule has 2 aromatic carbocycles. The van der Waals surface area contributed by atoms with E-state index >= 15 is 0 Å². The van der Waals surface area contributed by atoms with E-state index in [1.165, 1.54) is 0 Å². The highest BCUT2D eigenvalue weighted by Crippen LogP contribution is 2.39. The molecule has 4 rings (SSSR count). The van der Waals surface area contributed by atoms with Gasteiger partial charge in [0, 0.05) is 22.0 Å². The smallest absolute Gasteiger partial charge is 0.231 e. The first-order valence-electron chi connectivity index (χ1n) is 6.64. The van der Waals surface area contributed by atoms with Gasteiger partial charge in [0.25, 0.3) is 0 Å². The average molecular weight is 279 g/mol. The predicted molar refractivity (Wildman–Crippen MR) is 80.2 cm³/mol. The molecule has 0 amide bonds. The van der Waals surface area contributed by atoms with Gasteiger partial charge in [0.1, 0.15) is 5.69 Å². The Labute approximate surface area is 121 Å². The fourth-order valence-electron chi connectivity index (χ4n) is 2.57. The first-order valence-corrected chi connectivity index (χ1v) is 6.64. The van der Waals surface area contributed by atoms with Crippen LogP contribution in [0.3, 0.4) is 0 Å². The first kappa shape index (κ1) is 12.0. The highest BCUT2D eigenvalue weighted by molar-refractivity contribution is 5.98. The van der Waals surface area contributed by atoms with Crippen LogP contribution in [0.1, 0.15) is 5.56 Å². The minimum atomic E-state index is 0.245. The zero-order chi connectivity index (χ0) is 14.4. The topological polar surface area (TPSA) is 70.3 Å². The molecule has 0 saturated carbocycles. The second-order valence-electron chi connectivity index (χ2n) is 5.08. The molecule has 0 fully saturated rings. The van der Waals surface area contributed by atoms with Crippen LogP contribution in [-0.2, 0) is 0 Å². The molecule has 3 aromatic rings. The van der Waals surface area contributed by atoms with E-state index in [1.54, 1.807) is 6.20 Å². The summed E-state index contributed by atoms with van der Waals surface area (Å²) in [6.07, 6.45) is 1.71. The third kappa shape index (κ3) is 1.86. The molecular formula is C16H13N3O2. The molecule has 0 unspecified atom stereocenters. The number of hydrogen-bond donors (Lipinski definition) is 1. The lowest BCUT2D eigenvalue weighted by Gasteiger charge is -2.09. The van der Waals surface area contributed by atoms with E-state index in [9.17, 15) is 0 Å². The fraction of sp³-hybridized carbons (Fsp3) is 0.125. The molecule has 21 heavy (non-hydrogen) atoms. The maximum Gasteiger partial charge on any atom is 0.231 e. The number of aromatic nitrogens is 2. The van der Waals surface area contributed by atoms with Gasteiger partial charge in [0.15, 0.2) is 11.5 Å². The Hall–Kier alpha value is -2.82. The highest BCUT2D eigenvalue weighted by Gasteiger charge is 2.17. The van der Waals surface area contributed by atoms with Gasteiger partial charge in [-0.1, -0.05) is 12.1 Å². The van der Waals surface area contributed by atoms with Crippen LogP contribution in [0, 0.1) is 6.92 Å². The van der Waals surface area contributed by atoms with Gasteiger partial charge < -0.3 is 15.2 Å². The quantitative estimate of drug-likeness (QED) is 0.693. The van der Waals surface area contributed by atoms with E-state index in [4.69, 9.17) is 15.2 Å². The monoisotopic (exact) mass is 279 g/mol. The van der Waals surface area contributed by atoms with Crippen molar-refractivity contribution < 1.29 is 9.47 Å². The van der Waals surface area contributed by atoms with Gasteiger partial charge in [-0.3, -0.25) is 0 Å². The summed E-state index contributed by atoms with van der Waals surface area (Å²) in [7, 11) is 0. The third-order valence-corrected chi connectivity index (χ3v) is 3.62. The fourth-order valence-corrected chi connectivity index (χ4v) is 2.57. The van der Waals surface area contributed by atoms with Crippen molar-refractivity contribution in [2.75, 3.05) is 12.5 Å². The molecule has 1 aliphatic rings. The predicted octanol–water partition coefficient (Wildman–Crippen LogP) is 2.92. The maximum absolute atomic E-state index is 6.13. The number of rotatable bonds is 1. The van der Waals surface area contributed by atoms with Crippen LogP contribution in [0.4, 0.5) is 5.69 Å². The molecule has 1 aromatic heterocycles. The molecule has 104 valence electrons. The van der Waals surface area contributed by atoms with Crippen LogP contribution in [0.15, 0.2) is 36.5 Å². The molecule has 5 heteroatoms. The zero-order valence-corrected chi connectivity index (χ0v) is 11.5. The summed E-state index contributed by atoms with van der Waals surface area (Å²) in [5, 5.41) is 10.2. The number of nitrogens with two attached hydrogens (primary N) is 1. The Bertz CT molecular complexity index is 862. The van der Waals surface area contributed by atoms with Crippen LogP contribution in [0.5, 0.6) is 11.5 Å². The molecular weight excluding hydrogens is 266 g/mol. The molecule has 0 atom stereocenters. The molecule has 2 heterocycles. The van der Waals surface area contributed by atoms with Gasteiger partial charge in [0.05, 0.1) is 6.20 Å². The number of anilines is 1. The maximum atomic E-state index is 6.13. The van der Waals surface area contributed by atoms with E-state index in [2.05, 4.69) is 10.2 Å². The van der Waals surface area contributed by atoms with Crippen molar-refractivity contribution in [3.05, 3.63) is 42.1 Å². The molecule has 0 spiro atoms. The van der Waals surface area contributed by atoms with Crippen LogP contribution in [-0.4, -0.2) is 17.0 Å². The van der Waals surface area contributed by atoms with Crippen molar-refractivity contribution in [3.63, 3.8) is 0 Å². The van der Waals surface area contributed by atoms with Crippen molar-refractivity contribution in [1.29, 1.82) is 0 Å². The van der Waals surface area contributed by atoms with Crippen molar-refractivity contribution in [2.45, 2.75) is 6.92 Å². The SMILES string of the molecule is Cc1ccc(-c2nncc3cc4c(cc23)OCO4)c(N)c1. The standard InChI is InChI=1S/C16H13N3O2/c1-9-2-3-11(13(17)4-9)16-12-6-15-14(20-8-21-15)5-10(12)7-18-19-16/h2-7H,8,17H2,1H3. The van der Waals surface area contributed by atoms with Crippen LogP contribution < -0.4 is 15.2 Å². The molecule has 2 N–H and O–H groups in total. The summed E-state index contributed by atoms with van der Waals surface area (Å²) >= 11 is 0. The molecule has 1 aliphatic heterocycles. The van der Waals surface area contributed by atoms with E-state index in [-0.39, 0.29) is 6.79 Å². The highest BCUT2D eigenvalue weighted by atomic mass is 16.7. The lowest BCUT2D eigenvalue weighted by molar-refractivity contribution is 0.174. The zero-order valence-electron chi connectivity index (χ0n) is 11.5. The van der Waals surface area contributed by atoms with Gasteiger partial charge in [-0.25, -0.2) is 0 Å². The Balaban J connectivity index is 2.00. The lowest BCUT2D eigenvalue weighted by atomic mass is 10.0. The van der Waals surface area contributed by atoms with Gasteiger partial charge in [-0.05, 0) is 30.7 Å². The summed E-state index contributed by atoms with van der Waals surface area (Å²) < 4.78 is 10.8. The Kier molecular flexibility index (Phi) is 2.47. The van der Waals surface area contributed by atoms with E-state index in [0.29, 0.717) is 5.69 Å². The minimum absolute atomic E-state index is 0.245. The summed E-state index contributed by atoms with van der Waals surface area (Å²) in [4.78, 5) is 0. The van der Waals surface area contributed by atoms with Gasteiger partial charge in [-0.15, -0.1) is 5.10 Å². The van der Waals surface area contributed by atoms with Crippen LogP contribution >= 0.6 is 0 Å². The summed E-state index contributed by atoms with van der Waals surface area (Å²) in [6, 6.07) is 9.77. The van der Waals surface area contributed by atoms with Crippen molar-refractivity contribution >= 4 is 16.5 Å². The number of aryl methyl sites for hydroxylation is 1. The summed E-state index contributed by atoms with van der Waals surface area (Å²) in [6.45, 7) is 2.25. The minimum Gasteiger partial charge on any atom is -0.454 e. The van der Waals surface area contributed by atoms with E-state index in [0.717, 1.165) is 39.1 Å². The number of nitrogen functional groups attached to an aromatic ring is 1. The molecule has 0 aliphatic carbocycles. The number of hydrogen-bond acceptors (Lipinski definition) is 5. The number of fused-ring (bicyclic) bond motifs is 2. The summed E-state index contributed by atoms with van der Waals surface area (Å²) in [5.41, 5.74) is 9.56. The number of nitrogens with zero attached hydrogens (tertiary/aromatic N) is 2. The Morgan fingerprint density at radius 2 is 1.90 bits per heavy atom. The molecule has 0 saturated heterocycles. The normalized spacial score (nSPS) is 12.8. The van der Waals surface area contributed by atoms with E-state index in [1.807, 2.05) is 37.3 Å². The average Bonchev–Trinajstić information content (AvgIpc) is 2.92. The Morgan fingerprint density at radius 1 is 1.10 bits per heavy atom. The van der Waals surface area contributed by atoms with Crippen LogP contribution in [0.2, 0.25) is 0 Å². The number of ether oxygens (including phenoxy) is 2. The third-order valence-electron chi connectivity index (χ3n) is 3.62. The van der Waals surface area contributed by atoms with Crippen molar-refractivity contribution in [2.24, 2.45) is 0 Å². The van der Waals surface area contributed by atoms with Crippen molar-refractivity contribution in [3.8, 4) is 22.8 Å². The lowest BCUT2D eigenvalue weighted by Crippen LogP contribution is -1.95. The first-order chi connectivity index (χ1) is 10.2. The molecule has 0 radical (unpaired) electrons. The van der Waals surface area contributed by atoms with Crippen molar-refractivity contribution in [1.82, 2.24) is 10.2 Å². The van der Waals surface area contributed by atoms with Gasteiger partial charge in [-0.2, -0.15) is 5.10 Å². The largest absolute Gasteiger partial charge is 0.454 e. The molecule has 5 nitrogen and oxygen atoms in total. The second-order valence-corrected chi connectivity index (χ2v) is 5.08. The van der Waals surface area contributed by atoms with E-state index < -0.39 is 0 Å². The summed E-state index contributed by atoms with van der Waals surface area (Å²) in [5.74, 6) is 1.46.